The minimum atomic E-state index is -0.367. The molecule has 2 nitrogen and oxygen atoms in total. The number of carbonyl (C=O) groups is 1. The van der Waals surface area contributed by atoms with Crippen LogP contribution in [0.2, 0.25) is 0 Å². The lowest BCUT2D eigenvalue weighted by atomic mass is 9.88. The van der Waals surface area contributed by atoms with E-state index in [0.29, 0.717) is 0 Å². The summed E-state index contributed by atoms with van der Waals surface area (Å²) in [5.41, 5.74) is 5.07. The Morgan fingerprint density at radius 3 is 2.45 bits per heavy atom. The number of hydrogen-bond donors (Lipinski definition) is 1. The third-order valence-electron chi connectivity index (χ3n) is 1.59. The van der Waals surface area contributed by atoms with E-state index in [1.165, 1.54) is 6.08 Å². The maximum absolute atomic E-state index is 10.4. The molecule has 0 aromatic rings. The monoisotopic (exact) mass is 155 g/mol. The molecule has 1 amide bonds. The number of primary amides is 1. The van der Waals surface area contributed by atoms with Gasteiger partial charge in [-0.15, -0.1) is 0 Å². The van der Waals surface area contributed by atoms with Gasteiger partial charge in [0, 0.05) is 0 Å². The molecule has 0 fully saturated rings. The Bertz CT molecular complexity index is 159. The van der Waals surface area contributed by atoms with E-state index in [1.54, 1.807) is 0 Å². The summed E-state index contributed by atoms with van der Waals surface area (Å²) in [6.07, 6.45) is 5.52. The van der Waals surface area contributed by atoms with Crippen molar-refractivity contribution in [1.29, 1.82) is 0 Å². The standard InChI is InChI=1S/C9H17NO/c1-4-6-9(2,3)7-5-8(10)11/h5,7H,4,6H2,1-3H3,(H2,10,11). The highest BCUT2D eigenvalue weighted by molar-refractivity contribution is 5.85. The molecular formula is C9H17NO. The largest absolute Gasteiger partial charge is 0.366 e. The van der Waals surface area contributed by atoms with E-state index in [-0.39, 0.29) is 11.3 Å². The fraction of sp³-hybridized carbons (Fsp3) is 0.667. The zero-order valence-electron chi connectivity index (χ0n) is 7.55. The second-order valence-electron chi connectivity index (χ2n) is 3.47. The number of hydrogen-bond acceptors (Lipinski definition) is 1. The van der Waals surface area contributed by atoms with Crippen molar-refractivity contribution in [3.8, 4) is 0 Å². The summed E-state index contributed by atoms with van der Waals surface area (Å²) < 4.78 is 0. The first-order chi connectivity index (χ1) is 4.98. The maximum Gasteiger partial charge on any atom is 0.241 e. The van der Waals surface area contributed by atoms with E-state index in [1.807, 2.05) is 6.08 Å². The third kappa shape index (κ3) is 5.64. The number of rotatable bonds is 4. The van der Waals surface area contributed by atoms with E-state index >= 15 is 0 Å². The molecule has 2 heteroatoms. The zero-order valence-corrected chi connectivity index (χ0v) is 7.55. The molecule has 0 heterocycles. The second-order valence-corrected chi connectivity index (χ2v) is 3.47. The average Bonchev–Trinajstić information content (AvgIpc) is 1.84. The SMILES string of the molecule is CCCC(C)(C)C=CC(N)=O. The minimum absolute atomic E-state index is 0.101. The van der Waals surface area contributed by atoms with Crippen molar-refractivity contribution >= 4 is 5.91 Å². The van der Waals surface area contributed by atoms with Gasteiger partial charge >= 0.3 is 0 Å². The fourth-order valence-corrected chi connectivity index (χ4v) is 1.04. The van der Waals surface area contributed by atoms with Gasteiger partial charge in [-0.1, -0.05) is 33.3 Å². The molecule has 64 valence electrons. The highest BCUT2D eigenvalue weighted by Crippen LogP contribution is 2.23. The maximum atomic E-state index is 10.4. The van der Waals surface area contributed by atoms with Crippen LogP contribution in [0.4, 0.5) is 0 Å². The molecule has 0 radical (unpaired) electrons. The van der Waals surface area contributed by atoms with Crippen LogP contribution >= 0.6 is 0 Å². The Kier molecular flexibility index (Phi) is 3.86. The van der Waals surface area contributed by atoms with E-state index in [9.17, 15) is 4.79 Å². The van der Waals surface area contributed by atoms with Crippen LogP contribution in [0.5, 0.6) is 0 Å². The molecule has 0 saturated heterocycles. The summed E-state index contributed by atoms with van der Waals surface area (Å²) >= 11 is 0. The van der Waals surface area contributed by atoms with Crippen LogP contribution in [0.3, 0.4) is 0 Å². The molecule has 0 saturated carbocycles. The second kappa shape index (κ2) is 4.16. The molecule has 0 unspecified atom stereocenters. The van der Waals surface area contributed by atoms with Gasteiger partial charge in [0.1, 0.15) is 0 Å². The quantitative estimate of drug-likeness (QED) is 0.618. The molecule has 0 aliphatic rings. The van der Waals surface area contributed by atoms with Gasteiger partial charge < -0.3 is 5.73 Å². The first kappa shape index (κ1) is 10.2. The van der Waals surface area contributed by atoms with Gasteiger partial charge in [0.25, 0.3) is 0 Å². The molecule has 0 aliphatic carbocycles. The molecule has 0 aromatic heterocycles. The van der Waals surface area contributed by atoms with Crippen molar-refractivity contribution < 1.29 is 4.79 Å². The molecule has 0 aliphatic heterocycles. The fourth-order valence-electron chi connectivity index (χ4n) is 1.04. The molecule has 0 rings (SSSR count). The minimum Gasteiger partial charge on any atom is -0.366 e. The van der Waals surface area contributed by atoms with Crippen LogP contribution in [0.1, 0.15) is 33.6 Å². The topological polar surface area (TPSA) is 43.1 Å². The molecule has 0 bridgehead atoms. The van der Waals surface area contributed by atoms with Crippen LogP contribution in [0.25, 0.3) is 0 Å². The van der Waals surface area contributed by atoms with Gasteiger partial charge in [-0.3, -0.25) is 4.79 Å². The summed E-state index contributed by atoms with van der Waals surface area (Å²) in [7, 11) is 0. The van der Waals surface area contributed by atoms with E-state index in [4.69, 9.17) is 5.73 Å². The van der Waals surface area contributed by atoms with Crippen molar-refractivity contribution in [1.82, 2.24) is 0 Å². The van der Waals surface area contributed by atoms with Gasteiger partial charge in [0.2, 0.25) is 5.91 Å². The number of carbonyl (C=O) groups excluding carboxylic acids is 1. The van der Waals surface area contributed by atoms with Gasteiger partial charge in [-0.2, -0.15) is 0 Å². The summed E-state index contributed by atoms with van der Waals surface area (Å²) in [5.74, 6) is -0.367. The zero-order chi connectivity index (χ0) is 8.91. The van der Waals surface area contributed by atoms with Crippen molar-refractivity contribution in [2.75, 3.05) is 0 Å². The Hall–Kier alpha value is -0.790. The van der Waals surface area contributed by atoms with Crippen molar-refractivity contribution in [2.24, 2.45) is 11.1 Å². The molecule has 11 heavy (non-hydrogen) atoms. The van der Waals surface area contributed by atoms with Gasteiger partial charge in [-0.05, 0) is 17.9 Å². The smallest absolute Gasteiger partial charge is 0.241 e. The third-order valence-corrected chi connectivity index (χ3v) is 1.59. The Labute approximate surface area is 68.5 Å². The highest BCUT2D eigenvalue weighted by Gasteiger charge is 2.11. The first-order valence-electron chi connectivity index (χ1n) is 3.96. The lowest BCUT2D eigenvalue weighted by molar-refractivity contribution is -0.113. The summed E-state index contributed by atoms with van der Waals surface area (Å²) in [5, 5.41) is 0. The van der Waals surface area contributed by atoms with Gasteiger partial charge in [0.15, 0.2) is 0 Å². The molecule has 0 aromatic carbocycles. The predicted molar refractivity (Wildman–Crippen MR) is 47.0 cm³/mol. The molecule has 0 atom stereocenters. The number of allylic oxidation sites excluding steroid dienone is 1. The van der Waals surface area contributed by atoms with Crippen LogP contribution in [-0.2, 0) is 4.79 Å². The average molecular weight is 155 g/mol. The summed E-state index contributed by atoms with van der Waals surface area (Å²) in [4.78, 5) is 10.4. The molecular weight excluding hydrogens is 138 g/mol. The highest BCUT2D eigenvalue weighted by atomic mass is 16.1. The first-order valence-corrected chi connectivity index (χ1v) is 3.96. The molecule has 2 N–H and O–H groups in total. The van der Waals surface area contributed by atoms with Gasteiger partial charge in [0.05, 0.1) is 0 Å². The number of amides is 1. The van der Waals surface area contributed by atoms with Crippen LogP contribution < -0.4 is 5.73 Å². The van der Waals surface area contributed by atoms with Crippen molar-refractivity contribution in [3.05, 3.63) is 12.2 Å². The van der Waals surface area contributed by atoms with Crippen LogP contribution in [0.15, 0.2) is 12.2 Å². The van der Waals surface area contributed by atoms with Crippen molar-refractivity contribution in [2.45, 2.75) is 33.6 Å². The van der Waals surface area contributed by atoms with E-state index in [2.05, 4.69) is 20.8 Å². The van der Waals surface area contributed by atoms with Gasteiger partial charge in [-0.25, -0.2) is 0 Å². The normalized spacial score (nSPS) is 12.3. The molecule has 0 spiro atoms. The van der Waals surface area contributed by atoms with Crippen LogP contribution in [-0.4, -0.2) is 5.91 Å². The Morgan fingerprint density at radius 1 is 1.55 bits per heavy atom. The summed E-state index contributed by atoms with van der Waals surface area (Å²) in [6, 6.07) is 0. The van der Waals surface area contributed by atoms with Crippen molar-refractivity contribution in [3.63, 3.8) is 0 Å². The predicted octanol–water partition coefficient (Wildman–Crippen LogP) is 1.85. The lowest BCUT2D eigenvalue weighted by Crippen LogP contribution is -2.11. The Morgan fingerprint density at radius 2 is 2.09 bits per heavy atom. The Balaban J connectivity index is 3.99. The van der Waals surface area contributed by atoms with Crippen LogP contribution in [0, 0.1) is 5.41 Å². The van der Waals surface area contributed by atoms with E-state index < -0.39 is 0 Å². The lowest BCUT2D eigenvalue weighted by Gasteiger charge is -2.18. The number of nitrogens with two attached hydrogens (primary N) is 1. The summed E-state index contributed by atoms with van der Waals surface area (Å²) in [6.45, 7) is 6.31. The van der Waals surface area contributed by atoms with E-state index in [0.717, 1.165) is 12.8 Å².